The predicted molar refractivity (Wildman–Crippen MR) is 93.2 cm³/mol. The highest BCUT2D eigenvalue weighted by atomic mass is 16.3. The lowest BCUT2D eigenvalue weighted by Gasteiger charge is -2.59. The van der Waals surface area contributed by atoms with E-state index in [9.17, 15) is 9.90 Å². The van der Waals surface area contributed by atoms with Gasteiger partial charge in [0.1, 0.15) is 11.5 Å². The van der Waals surface area contributed by atoms with Crippen LogP contribution in [0.3, 0.4) is 0 Å². The van der Waals surface area contributed by atoms with Crippen LogP contribution in [0.15, 0.2) is 18.2 Å². The highest BCUT2D eigenvalue weighted by molar-refractivity contribution is 5.81. The van der Waals surface area contributed by atoms with E-state index in [2.05, 4.69) is 11.0 Å². The number of fused-ring (bicyclic) bond motifs is 1. The molecule has 2 saturated carbocycles. The first kappa shape index (κ1) is 14.9. The van der Waals surface area contributed by atoms with E-state index in [1.165, 1.54) is 36.9 Å². The Bertz CT molecular complexity index is 680. The molecule has 3 atom stereocenters. The van der Waals surface area contributed by atoms with E-state index in [1.807, 2.05) is 12.1 Å². The SMILES string of the molecule is O=C1CC[C@@H]2C3Cc4ccc(O)cc4C2(CCN3CC2CCC2)C1. The minimum atomic E-state index is 0.00242. The number of piperidine rings is 1. The van der Waals surface area contributed by atoms with E-state index in [4.69, 9.17) is 0 Å². The smallest absolute Gasteiger partial charge is 0.133 e. The maximum absolute atomic E-state index is 12.3. The van der Waals surface area contributed by atoms with Gasteiger partial charge in [0.05, 0.1) is 0 Å². The number of ketones is 1. The van der Waals surface area contributed by atoms with Crippen molar-refractivity contribution in [2.24, 2.45) is 11.8 Å². The van der Waals surface area contributed by atoms with Crippen LogP contribution in [-0.2, 0) is 16.6 Å². The monoisotopic (exact) mass is 325 g/mol. The third-order valence-corrected chi connectivity index (χ3v) is 7.51. The van der Waals surface area contributed by atoms with Crippen LogP contribution in [0.4, 0.5) is 0 Å². The zero-order valence-corrected chi connectivity index (χ0v) is 14.3. The van der Waals surface area contributed by atoms with Gasteiger partial charge in [0.25, 0.3) is 0 Å². The molecule has 5 rings (SSSR count). The number of rotatable bonds is 2. The molecule has 3 aliphatic carbocycles. The lowest BCUT2D eigenvalue weighted by molar-refractivity contribution is -0.127. The fourth-order valence-corrected chi connectivity index (χ4v) is 6.13. The van der Waals surface area contributed by atoms with E-state index in [0.29, 0.717) is 29.9 Å². The largest absolute Gasteiger partial charge is 0.508 e. The minimum Gasteiger partial charge on any atom is -0.508 e. The molecule has 4 aliphatic rings. The van der Waals surface area contributed by atoms with Crippen molar-refractivity contribution in [1.82, 2.24) is 4.90 Å². The zero-order chi connectivity index (χ0) is 16.3. The minimum absolute atomic E-state index is 0.00242. The van der Waals surface area contributed by atoms with E-state index >= 15 is 0 Å². The van der Waals surface area contributed by atoms with Crippen LogP contribution in [0.25, 0.3) is 0 Å². The number of hydrogen-bond acceptors (Lipinski definition) is 3. The molecule has 1 saturated heterocycles. The van der Waals surface area contributed by atoms with Crippen molar-refractivity contribution in [1.29, 1.82) is 0 Å². The Morgan fingerprint density at radius 2 is 2.12 bits per heavy atom. The van der Waals surface area contributed by atoms with Gasteiger partial charge in [-0.05, 0) is 73.7 Å². The standard InChI is InChI=1S/C21H27NO2/c23-16-5-4-15-10-20-18-7-6-17(24)12-21(18,19(15)11-16)8-9-22(20)13-14-2-1-3-14/h4-5,11,14,18,20,23H,1-3,6-10,12-13H2/t18-,20?,21?/m1/s1. The molecule has 1 N–H and O–H groups in total. The molecule has 3 nitrogen and oxygen atoms in total. The van der Waals surface area contributed by atoms with Crippen molar-refractivity contribution in [3.8, 4) is 5.75 Å². The summed E-state index contributed by atoms with van der Waals surface area (Å²) in [5.74, 6) is 2.28. The number of benzene rings is 1. The molecule has 1 heterocycles. The van der Waals surface area contributed by atoms with Crippen molar-refractivity contribution < 1.29 is 9.90 Å². The Balaban J connectivity index is 1.56. The van der Waals surface area contributed by atoms with E-state index < -0.39 is 0 Å². The van der Waals surface area contributed by atoms with Crippen molar-refractivity contribution in [3.63, 3.8) is 0 Å². The maximum Gasteiger partial charge on any atom is 0.133 e. The second-order valence-corrected chi connectivity index (χ2v) is 8.67. The van der Waals surface area contributed by atoms with Crippen molar-refractivity contribution in [3.05, 3.63) is 29.3 Å². The summed E-state index contributed by atoms with van der Waals surface area (Å²) in [6, 6.07) is 6.51. The molecule has 1 aromatic rings. The van der Waals surface area contributed by atoms with Gasteiger partial charge < -0.3 is 5.11 Å². The topological polar surface area (TPSA) is 40.5 Å². The summed E-state index contributed by atoms with van der Waals surface area (Å²) in [6.07, 6.45) is 8.90. The summed E-state index contributed by atoms with van der Waals surface area (Å²) in [6.45, 7) is 2.39. The van der Waals surface area contributed by atoms with E-state index in [1.54, 1.807) is 0 Å². The van der Waals surface area contributed by atoms with Crippen LogP contribution in [0.5, 0.6) is 5.75 Å². The van der Waals surface area contributed by atoms with Crippen molar-refractivity contribution in [2.75, 3.05) is 13.1 Å². The van der Waals surface area contributed by atoms with Crippen LogP contribution in [-0.4, -0.2) is 34.9 Å². The first-order valence-corrected chi connectivity index (χ1v) is 9.74. The van der Waals surface area contributed by atoms with Crippen LogP contribution in [0.1, 0.15) is 56.1 Å². The summed E-state index contributed by atoms with van der Waals surface area (Å²) in [4.78, 5) is 15.1. The molecular weight excluding hydrogens is 298 g/mol. The molecular formula is C21H27NO2. The summed E-state index contributed by atoms with van der Waals surface area (Å²) in [7, 11) is 0. The molecule has 128 valence electrons. The Labute approximate surface area is 144 Å². The first-order chi connectivity index (χ1) is 11.7. The highest BCUT2D eigenvalue weighted by Gasteiger charge is 2.55. The number of likely N-dealkylation sites (tertiary alicyclic amines) is 1. The molecule has 2 unspecified atom stereocenters. The van der Waals surface area contributed by atoms with Gasteiger partial charge in [0.15, 0.2) is 0 Å². The maximum atomic E-state index is 12.3. The molecule has 3 fully saturated rings. The number of carbonyl (C=O) groups excluding carboxylic acids is 1. The van der Waals surface area contributed by atoms with Gasteiger partial charge in [-0.25, -0.2) is 0 Å². The Hall–Kier alpha value is -1.35. The normalized spacial score (nSPS) is 35.9. The van der Waals surface area contributed by atoms with Gasteiger partial charge in [-0.15, -0.1) is 0 Å². The van der Waals surface area contributed by atoms with Gasteiger partial charge in [-0.1, -0.05) is 12.5 Å². The highest BCUT2D eigenvalue weighted by Crippen LogP contribution is 2.55. The van der Waals surface area contributed by atoms with Crippen molar-refractivity contribution >= 4 is 5.78 Å². The molecule has 0 spiro atoms. The first-order valence-electron chi connectivity index (χ1n) is 9.74. The second kappa shape index (κ2) is 5.32. The molecule has 0 aromatic heterocycles. The summed E-state index contributed by atoms with van der Waals surface area (Å²) in [5.41, 5.74) is 2.67. The Kier molecular flexibility index (Phi) is 3.31. The van der Waals surface area contributed by atoms with Gasteiger partial charge in [-0.2, -0.15) is 0 Å². The molecule has 0 amide bonds. The zero-order valence-electron chi connectivity index (χ0n) is 14.3. The van der Waals surface area contributed by atoms with Gasteiger partial charge >= 0.3 is 0 Å². The average molecular weight is 325 g/mol. The second-order valence-electron chi connectivity index (χ2n) is 8.67. The summed E-state index contributed by atoms with van der Waals surface area (Å²) in [5, 5.41) is 10.1. The number of nitrogens with zero attached hydrogens (tertiary/aromatic N) is 1. The average Bonchev–Trinajstić information content (AvgIpc) is 2.52. The number of hydrogen-bond donors (Lipinski definition) is 1. The quantitative estimate of drug-likeness (QED) is 0.905. The lowest BCUT2D eigenvalue weighted by Crippen LogP contribution is -2.62. The number of phenols is 1. The lowest BCUT2D eigenvalue weighted by atomic mass is 9.52. The molecule has 24 heavy (non-hydrogen) atoms. The third-order valence-electron chi connectivity index (χ3n) is 7.51. The number of phenolic OH excluding ortho intramolecular Hbond substituents is 1. The van der Waals surface area contributed by atoms with Gasteiger partial charge in [0.2, 0.25) is 0 Å². The molecule has 1 aliphatic heterocycles. The van der Waals surface area contributed by atoms with E-state index in [-0.39, 0.29) is 5.41 Å². The molecule has 3 heteroatoms. The molecule has 0 radical (unpaired) electrons. The van der Waals surface area contributed by atoms with Gasteiger partial charge in [0, 0.05) is 30.8 Å². The third kappa shape index (κ3) is 2.10. The van der Waals surface area contributed by atoms with Crippen LogP contribution < -0.4 is 0 Å². The molecule has 1 aromatic carbocycles. The fraction of sp³-hybridized carbons (Fsp3) is 0.667. The Morgan fingerprint density at radius 3 is 2.92 bits per heavy atom. The predicted octanol–water partition coefficient (Wildman–Crippen LogP) is 3.43. The number of carbonyl (C=O) groups is 1. The van der Waals surface area contributed by atoms with E-state index in [0.717, 1.165) is 38.1 Å². The van der Waals surface area contributed by atoms with Crippen LogP contribution >= 0.6 is 0 Å². The number of Topliss-reactive ketones (excluding diaryl/α,β-unsaturated/α-hetero) is 1. The number of aromatic hydroxyl groups is 1. The molecule has 2 bridgehead atoms. The summed E-state index contributed by atoms with van der Waals surface area (Å²) >= 11 is 0. The van der Waals surface area contributed by atoms with Crippen molar-refractivity contribution in [2.45, 2.75) is 62.8 Å². The Morgan fingerprint density at radius 1 is 1.25 bits per heavy atom. The van der Waals surface area contributed by atoms with Gasteiger partial charge in [-0.3, -0.25) is 9.69 Å². The summed E-state index contributed by atoms with van der Waals surface area (Å²) < 4.78 is 0. The van der Waals surface area contributed by atoms with Crippen LogP contribution in [0, 0.1) is 11.8 Å². The fourth-order valence-electron chi connectivity index (χ4n) is 6.13. The van der Waals surface area contributed by atoms with Crippen LogP contribution in [0.2, 0.25) is 0 Å².